The molecule has 2 atom stereocenters. The highest BCUT2D eigenvalue weighted by molar-refractivity contribution is 7.89. The minimum absolute atomic E-state index is 0.0315. The summed E-state index contributed by atoms with van der Waals surface area (Å²) in [5.41, 5.74) is 0. The Morgan fingerprint density at radius 3 is 2.62 bits per heavy atom. The first-order valence-corrected chi connectivity index (χ1v) is 8.85. The molecule has 0 aromatic heterocycles. The van der Waals surface area contributed by atoms with Crippen LogP contribution in [0.25, 0.3) is 0 Å². The molecule has 2 unspecified atom stereocenters. The molecule has 1 saturated carbocycles. The van der Waals surface area contributed by atoms with Crippen molar-refractivity contribution in [2.45, 2.75) is 43.5 Å². The van der Waals surface area contributed by atoms with Crippen molar-refractivity contribution in [2.24, 2.45) is 5.92 Å². The molecule has 2 rings (SSSR count). The van der Waals surface area contributed by atoms with E-state index in [0.29, 0.717) is 11.7 Å². The van der Waals surface area contributed by atoms with Crippen LogP contribution in [0.4, 0.5) is 0 Å². The maximum Gasteiger partial charge on any atom is 0.240 e. The number of nitrogens with one attached hydrogen (secondary N) is 1. The van der Waals surface area contributed by atoms with Crippen LogP contribution in [-0.2, 0) is 10.0 Å². The van der Waals surface area contributed by atoms with E-state index in [-0.39, 0.29) is 24.2 Å². The molecule has 0 amide bonds. The van der Waals surface area contributed by atoms with Gasteiger partial charge in [-0.2, -0.15) is 0 Å². The molecule has 21 heavy (non-hydrogen) atoms. The van der Waals surface area contributed by atoms with Gasteiger partial charge >= 0.3 is 0 Å². The maximum atomic E-state index is 12.3. The van der Waals surface area contributed by atoms with E-state index < -0.39 is 10.0 Å². The lowest BCUT2D eigenvalue weighted by atomic mass is 9.88. The first-order chi connectivity index (χ1) is 10.0. The molecular formula is C15H23NO4S. The number of ether oxygens (including phenoxy) is 1. The Labute approximate surface area is 126 Å². The number of hydrogen-bond donors (Lipinski definition) is 2. The minimum atomic E-state index is -3.48. The molecule has 1 aromatic carbocycles. The molecule has 1 aliphatic carbocycles. The van der Waals surface area contributed by atoms with Gasteiger partial charge in [-0.15, -0.1) is 0 Å². The molecule has 0 heterocycles. The van der Waals surface area contributed by atoms with Gasteiger partial charge in [0.25, 0.3) is 0 Å². The van der Waals surface area contributed by atoms with Crippen molar-refractivity contribution in [3.63, 3.8) is 0 Å². The lowest BCUT2D eigenvalue weighted by molar-refractivity contribution is 0.201. The Kier molecular flexibility index (Phi) is 5.61. The third kappa shape index (κ3) is 4.69. The van der Waals surface area contributed by atoms with E-state index in [9.17, 15) is 8.42 Å². The summed E-state index contributed by atoms with van der Waals surface area (Å²) in [4.78, 5) is 0.247. The van der Waals surface area contributed by atoms with Crippen LogP contribution in [0.2, 0.25) is 0 Å². The molecular weight excluding hydrogens is 290 g/mol. The molecule has 6 heteroatoms. The lowest BCUT2D eigenvalue weighted by Gasteiger charge is -2.27. The Bertz CT molecular complexity index is 541. The van der Waals surface area contributed by atoms with Gasteiger partial charge in [-0.05, 0) is 43.0 Å². The maximum absolute atomic E-state index is 12.3. The molecule has 1 fully saturated rings. The first-order valence-electron chi connectivity index (χ1n) is 7.37. The topological polar surface area (TPSA) is 75.6 Å². The summed E-state index contributed by atoms with van der Waals surface area (Å²) in [5.74, 6) is 1.12. The van der Waals surface area contributed by atoms with Crippen LogP contribution in [0.15, 0.2) is 29.2 Å². The van der Waals surface area contributed by atoms with E-state index in [0.717, 1.165) is 19.3 Å². The molecule has 0 spiro atoms. The molecule has 0 radical (unpaired) electrons. The fourth-order valence-corrected chi connectivity index (χ4v) is 3.99. The Balaban J connectivity index is 2.01. The number of hydrogen-bond acceptors (Lipinski definition) is 4. The van der Waals surface area contributed by atoms with Crippen LogP contribution >= 0.6 is 0 Å². The predicted molar refractivity (Wildman–Crippen MR) is 80.8 cm³/mol. The highest BCUT2D eigenvalue weighted by Gasteiger charge is 2.24. The summed E-state index contributed by atoms with van der Waals surface area (Å²) in [6.07, 6.45) is 4.05. The van der Waals surface area contributed by atoms with E-state index in [1.807, 2.05) is 0 Å². The molecule has 118 valence electrons. The fraction of sp³-hybridized carbons (Fsp3) is 0.600. The minimum Gasteiger partial charge on any atom is -0.491 e. The van der Waals surface area contributed by atoms with Crippen LogP contribution in [0, 0.1) is 5.92 Å². The molecule has 0 aliphatic heterocycles. The molecule has 5 nitrogen and oxygen atoms in total. The number of sulfonamides is 1. The highest BCUT2D eigenvalue weighted by atomic mass is 32.2. The zero-order chi connectivity index (χ0) is 15.3. The van der Waals surface area contributed by atoms with Crippen molar-refractivity contribution >= 4 is 10.0 Å². The van der Waals surface area contributed by atoms with Crippen molar-refractivity contribution in [1.29, 1.82) is 0 Å². The fourth-order valence-electron chi connectivity index (χ4n) is 2.71. The number of aliphatic hydroxyl groups excluding tert-OH is 1. The van der Waals surface area contributed by atoms with Crippen LogP contribution in [0.1, 0.15) is 32.6 Å². The lowest BCUT2D eigenvalue weighted by Crippen LogP contribution is -2.37. The average molecular weight is 313 g/mol. The number of rotatable bonds is 6. The third-order valence-electron chi connectivity index (χ3n) is 3.75. The van der Waals surface area contributed by atoms with Gasteiger partial charge in [0.05, 0.1) is 11.5 Å². The normalized spacial score (nSPS) is 23.0. The second-order valence-electron chi connectivity index (χ2n) is 5.63. The van der Waals surface area contributed by atoms with Crippen LogP contribution in [0.3, 0.4) is 0 Å². The van der Waals surface area contributed by atoms with Crippen LogP contribution < -0.4 is 9.46 Å². The van der Waals surface area contributed by atoms with Gasteiger partial charge in [0, 0.05) is 6.04 Å². The van der Waals surface area contributed by atoms with Crippen LogP contribution in [0.5, 0.6) is 5.75 Å². The monoisotopic (exact) mass is 313 g/mol. The largest absolute Gasteiger partial charge is 0.491 e. The van der Waals surface area contributed by atoms with Crippen molar-refractivity contribution in [3.8, 4) is 5.75 Å². The smallest absolute Gasteiger partial charge is 0.240 e. The van der Waals surface area contributed by atoms with Gasteiger partial charge < -0.3 is 9.84 Å². The third-order valence-corrected chi connectivity index (χ3v) is 5.29. The van der Waals surface area contributed by atoms with Gasteiger partial charge in [-0.1, -0.05) is 19.8 Å². The Hall–Kier alpha value is -1.11. The molecule has 0 bridgehead atoms. The number of benzene rings is 1. The SMILES string of the molecule is CC1CCCC(NS(=O)(=O)c2ccc(OCCO)cc2)C1. The summed E-state index contributed by atoms with van der Waals surface area (Å²) in [5, 5.41) is 8.68. The van der Waals surface area contributed by atoms with Gasteiger partial charge in [-0.3, -0.25) is 0 Å². The van der Waals surface area contributed by atoms with Crippen molar-refractivity contribution in [1.82, 2.24) is 4.72 Å². The van der Waals surface area contributed by atoms with E-state index in [4.69, 9.17) is 9.84 Å². The predicted octanol–water partition coefficient (Wildman–Crippen LogP) is 1.91. The van der Waals surface area contributed by atoms with Crippen LogP contribution in [-0.4, -0.2) is 32.8 Å². The highest BCUT2D eigenvalue weighted by Crippen LogP contribution is 2.25. The summed E-state index contributed by atoms with van der Waals surface area (Å²) in [6, 6.07) is 6.30. The molecule has 1 aromatic rings. The van der Waals surface area contributed by atoms with E-state index in [1.54, 1.807) is 12.1 Å². The summed E-state index contributed by atoms with van der Waals surface area (Å²) >= 11 is 0. The zero-order valence-corrected chi connectivity index (χ0v) is 13.1. The quantitative estimate of drug-likeness (QED) is 0.841. The van der Waals surface area contributed by atoms with Crippen molar-refractivity contribution in [2.75, 3.05) is 13.2 Å². The van der Waals surface area contributed by atoms with Crippen molar-refractivity contribution < 1.29 is 18.3 Å². The van der Waals surface area contributed by atoms with Crippen molar-refractivity contribution in [3.05, 3.63) is 24.3 Å². The summed E-state index contributed by atoms with van der Waals surface area (Å²) in [7, 11) is -3.48. The second kappa shape index (κ2) is 7.24. The van der Waals surface area contributed by atoms with Gasteiger partial charge in [0.2, 0.25) is 10.0 Å². The average Bonchev–Trinajstić information content (AvgIpc) is 2.45. The van der Waals surface area contributed by atoms with Gasteiger partial charge in [0.1, 0.15) is 12.4 Å². The summed E-state index contributed by atoms with van der Waals surface area (Å²) in [6.45, 7) is 2.29. The standard InChI is InChI=1S/C15H23NO4S/c1-12-3-2-4-13(11-12)16-21(18,19)15-7-5-14(6-8-15)20-10-9-17/h5-8,12-13,16-17H,2-4,9-11H2,1H3. The van der Waals surface area contributed by atoms with Gasteiger partial charge in [0.15, 0.2) is 0 Å². The Morgan fingerprint density at radius 1 is 1.29 bits per heavy atom. The zero-order valence-electron chi connectivity index (χ0n) is 12.3. The molecule has 1 aliphatic rings. The number of aliphatic hydroxyl groups is 1. The van der Waals surface area contributed by atoms with E-state index >= 15 is 0 Å². The van der Waals surface area contributed by atoms with Gasteiger partial charge in [-0.25, -0.2) is 13.1 Å². The Morgan fingerprint density at radius 2 is 2.00 bits per heavy atom. The second-order valence-corrected chi connectivity index (χ2v) is 7.35. The summed E-state index contributed by atoms with van der Waals surface area (Å²) < 4.78 is 32.7. The van der Waals surface area contributed by atoms with E-state index in [2.05, 4.69) is 11.6 Å². The molecule has 2 N–H and O–H groups in total. The van der Waals surface area contributed by atoms with E-state index in [1.165, 1.54) is 18.6 Å². The first kappa shape index (κ1) is 16.3. The molecule has 0 saturated heterocycles.